The van der Waals surface area contributed by atoms with Gasteiger partial charge in [0.15, 0.2) is 23.0 Å². The smallest absolute Gasteiger partial charge is 0.192 e. The third-order valence-electron chi connectivity index (χ3n) is 0.354. The van der Waals surface area contributed by atoms with Crippen LogP contribution in [0, 0.1) is 5.21 Å². The standard InChI is InChI=1S/CH6IN3O2/c1-4(3)5(6)7-2/h5H,3H2,1H3. The fourth-order valence-corrected chi connectivity index (χ4v) is 0.365. The molecule has 0 amide bonds. The molecule has 0 aliphatic rings. The Morgan fingerprint density at radius 2 is 2.43 bits per heavy atom. The zero-order chi connectivity index (χ0) is 5.86. The highest BCUT2D eigenvalue weighted by Gasteiger charge is 1.94. The van der Waals surface area contributed by atoms with E-state index in [4.69, 9.17) is 5.84 Å². The zero-order valence-corrected chi connectivity index (χ0v) is 5.88. The first-order valence-corrected chi connectivity index (χ1v) is 2.37. The second-order valence-corrected chi connectivity index (χ2v) is 1.39. The predicted molar refractivity (Wildman–Crippen MR) is 31.4 cm³/mol. The summed E-state index contributed by atoms with van der Waals surface area (Å²) in [4.78, 5) is 0. The number of hydrogen-bond donors (Lipinski definition) is 2. The van der Waals surface area contributed by atoms with E-state index in [1.165, 1.54) is 30.1 Å². The van der Waals surface area contributed by atoms with Crippen LogP contribution in [0.4, 0.5) is 0 Å². The molecule has 0 bridgehead atoms. The van der Waals surface area contributed by atoms with Gasteiger partial charge in [0, 0.05) is 0 Å². The van der Waals surface area contributed by atoms with Crippen molar-refractivity contribution in [3.8, 4) is 0 Å². The first-order valence-electron chi connectivity index (χ1n) is 1.49. The van der Waals surface area contributed by atoms with Gasteiger partial charge < -0.3 is 5.21 Å². The predicted octanol–water partition coefficient (Wildman–Crippen LogP) is -1.63. The third kappa shape index (κ3) is 3.14. The largest absolute Gasteiger partial charge is 0.577 e. The van der Waals surface area contributed by atoms with Crippen LogP contribution in [0.3, 0.4) is 0 Å². The molecule has 0 aliphatic heterocycles. The molecule has 0 saturated carbocycles. The van der Waals surface area contributed by atoms with E-state index in [0.717, 1.165) is 5.12 Å². The monoisotopic (exact) mass is 219 g/mol. The minimum Gasteiger partial charge on any atom is -0.577 e. The van der Waals surface area contributed by atoms with Gasteiger partial charge in [0.1, 0.15) is 0 Å². The summed E-state index contributed by atoms with van der Waals surface area (Å²) in [5.74, 6) is 4.90. The van der Waals surface area contributed by atoms with Gasteiger partial charge in [-0.3, -0.25) is 0 Å². The molecular formula is CH6IN3O2. The lowest BCUT2D eigenvalue weighted by Gasteiger charge is -2.19. The van der Waals surface area contributed by atoms with Crippen LogP contribution in [0.25, 0.3) is 0 Å². The fraction of sp³-hybridized carbons (Fsp3) is 1.00. The molecule has 3 N–H and O–H groups in total. The summed E-state index contributed by atoms with van der Waals surface area (Å²) in [7, 11) is 1.40. The number of rotatable bonds is 2. The van der Waals surface area contributed by atoms with Gasteiger partial charge in [-0.1, -0.05) is 5.12 Å². The molecule has 0 aliphatic carbocycles. The molecular weight excluding hydrogens is 213 g/mol. The summed E-state index contributed by atoms with van der Waals surface area (Å²) in [6.07, 6.45) is 0. The van der Waals surface area contributed by atoms with Crippen LogP contribution >= 0.6 is 23.0 Å². The second-order valence-electron chi connectivity index (χ2n) is 0.954. The highest BCUT2D eigenvalue weighted by Crippen LogP contribution is 1.68. The van der Waals surface area contributed by atoms with E-state index in [0.29, 0.717) is 0 Å². The Morgan fingerprint density at radius 3 is 2.43 bits per heavy atom. The lowest BCUT2D eigenvalue weighted by molar-refractivity contribution is -1.11. The SMILES string of the molecule is CN(N)[NH+]([O-])OI. The number of nitrogens with zero attached hydrogens (tertiary/aromatic N) is 1. The van der Waals surface area contributed by atoms with Gasteiger partial charge in [0.2, 0.25) is 0 Å². The lowest BCUT2D eigenvalue weighted by Crippen LogP contribution is -3.12. The molecule has 0 fully saturated rings. The Kier molecular flexibility index (Phi) is 3.79. The van der Waals surface area contributed by atoms with E-state index in [9.17, 15) is 5.21 Å². The molecule has 0 spiro atoms. The Hall–Kier alpha value is 0.530. The molecule has 1 unspecified atom stereocenters. The molecule has 0 rings (SSSR count). The normalized spacial score (nSPS) is 15.0. The van der Waals surface area contributed by atoms with Crippen LogP contribution in [0.5, 0.6) is 0 Å². The van der Waals surface area contributed by atoms with Gasteiger partial charge in [-0.2, -0.15) is 0 Å². The van der Waals surface area contributed by atoms with Crippen molar-refractivity contribution in [2.24, 2.45) is 5.84 Å². The average Bonchev–Trinajstić information content (AvgIpc) is 1.65. The molecule has 44 valence electrons. The first-order chi connectivity index (χ1) is 3.18. The molecule has 7 heavy (non-hydrogen) atoms. The van der Waals surface area contributed by atoms with E-state index >= 15 is 0 Å². The molecule has 5 nitrogen and oxygen atoms in total. The van der Waals surface area contributed by atoms with E-state index in [2.05, 4.69) is 3.17 Å². The lowest BCUT2D eigenvalue weighted by atomic mass is 11.4. The molecule has 0 saturated heterocycles. The van der Waals surface area contributed by atoms with E-state index < -0.39 is 5.34 Å². The number of hydrogen-bond acceptors (Lipinski definition) is 4. The maximum absolute atomic E-state index is 10.1. The van der Waals surface area contributed by atoms with Crippen LogP contribution in [0.15, 0.2) is 0 Å². The van der Waals surface area contributed by atoms with E-state index in [1.807, 2.05) is 0 Å². The summed E-state index contributed by atoms with van der Waals surface area (Å²) in [5.41, 5.74) is 0. The third-order valence-corrected chi connectivity index (χ3v) is 0.731. The first kappa shape index (κ1) is 7.53. The zero-order valence-electron chi connectivity index (χ0n) is 3.72. The summed E-state index contributed by atoms with van der Waals surface area (Å²) in [6.45, 7) is 0. The average molecular weight is 219 g/mol. The van der Waals surface area contributed by atoms with E-state index in [-0.39, 0.29) is 0 Å². The molecule has 0 heterocycles. The second kappa shape index (κ2) is 3.52. The summed E-state index contributed by atoms with van der Waals surface area (Å²) in [6, 6.07) is 0. The van der Waals surface area contributed by atoms with E-state index in [1.54, 1.807) is 0 Å². The molecule has 0 radical (unpaired) electrons. The summed E-state index contributed by atoms with van der Waals surface area (Å²) >= 11 is 1.46. The number of nitrogens with two attached hydrogens (primary N) is 1. The molecule has 6 heteroatoms. The maximum Gasteiger partial charge on any atom is 0.192 e. The molecule has 0 aromatic heterocycles. The van der Waals surface area contributed by atoms with Gasteiger partial charge in [0.25, 0.3) is 0 Å². The van der Waals surface area contributed by atoms with Gasteiger partial charge in [-0.15, -0.1) is 8.50 Å². The highest BCUT2D eigenvalue weighted by atomic mass is 127. The molecule has 0 aromatic carbocycles. The van der Waals surface area contributed by atoms with Crippen molar-refractivity contribution in [3.05, 3.63) is 5.21 Å². The molecule has 0 aromatic rings. The van der Waals surface area contributed by atoms with Gasteiger partial charge in [-0.25, -0.2) is 5.84 Å². The number of hydrazine groups is 1. The van der Waals surface area contributed by atoms with Gasteiger partial charge >= 0.3 is 0 Å². The van der Waals surface area contributed by atoms with Crippen molar-refractivity contribution >= 4 is 23.0 Å². The van der Waals surface area contributed by atoms with Crippen molar-refractivity contribution < 1.29 is 8.50 Å². The minimum atomic E-state index is -0.555. The number of halogens is 1. The van der Waals surface area contributed by atoms with Crippen LogP contribution < -0.4 is 11.2 Å². The highest BCUT2D eigenvalue weighted by molar-refractivity contribution is 14.1. The Morgan fingerprint density at radius 1 is 2.00 bits per heavy atom. The van der Waals surface area contributed by atoms with Crippen molar-refractivity contribution in [2.75, 3.05) is 7.05 Å². The number of nitrogens with one attached hydrogen (secondary N) is 1. The van der Waals surface area contributed by atoms with Gasteiger partial charge in [0.05, 0.1) is 7.05 Å². The maximum atomic E-state index is 10.1. The van der Waals surface area contributed by atoms with Crippen LogP contribution in [-0.2, 0) is 3.17 Å². The summed E-state index contributed by atoms with van der Waals surface area (Å²) < 4.78 is 4.14. The van der Waals surface area contributed by atoms with Crippen LogP contribution in [0.2, 0.25) is 0 Å². The van der Waals surface area contributed by atoms with Gasteiger partial charge in [-0.05, 0) is 0 Å². The minimum absolute atomic E-state index is 0.555. The summed E-state index contributed by atoms with van der Waals surface area (Å²) in [5, 5.41) is 10.4. The Balaban J connectivity index is 3.14. The number of quaternary nitrogens is 1. The van der Waals surface area contributed by atoms with Crippen molar-refractivity contribution in [2.45, 2.75) is 0 Å². The molecule has 1 atom stereocenters. The van der Waals surface area contributed by atoms with Crippen molar-refractivity contribution in [1.82, 2.24) is 5.12 Å². The Bertz CT molecular complexity index is 50.2. The quantitative estimate of drug-likeness (QED) is 0.332. The van der Waals surface area contributed by atoms with Crippen molar-refractivity contribution in [3.63, 3.8) is 0 Å². The topological polar surface area (TPSA) is 66.0 Å². The van der Waals surface area contributed by atoms with Crippen LogP contribution in [0.1, 0.15) is 0 Å². The van der Waals surface area contributed by atoms with Crippen molar-refractivity contribution in [1.29, 1.82) is 0 Å². The fourth-order valence-electron chi connectivity index (χ4n) is 0.0544. The Labute approximate surface area is 55.2 Å². The van der Waals surface area contributed by atoms with Crippen LogP contribution in [-0.4, -0.2) is 12.2 Å².